The number of carbonyl (C=O) groups is 1. The smallest absolute Gasteiger partial charge is 0.317 e. The summed E-state index contributed by atoms with van der Waals surface area (Å²) < 4.78 is 0. The lowest BCUT2D eigenvalue weighted by Crippen LogP contribution is -1.88. The lowest BCUT2D eigenvalue weighted by atomic mass is 10.0. The van der Waals surface area contributed by atoms with Crippen LogP contribution in [0.2, 0.25) is 0 Å². The predicted octanol–water partition coefficient (Wildman–Crippen LogP) is 2.33. The van der Waals surface area contributed by atoms with Crippen LogP contribution in [-0.4, -0.2) is 11.1 Å². The van der Waals surface area contributed by atoms with E-state index in [2.05, 4.69) is 0 Å². The first-order valence-corrected chi connectivity index (χ1v) is 4.36. The van der Waals surface area contributed by atoms with E-state index in [4.69, 9.17) is 10.4 Å². The van der Waals surface area contributed by atoms with Gasteiger partial charge in [-0.3, -0.25) is 4.79 Å². The summed E-state index contributed by atoms with van der Waals surface area (Å²) in [6, 6.07) is 1.47. The molecule has 0 atom stereocenters. The van der Waals surface area contributed by atoms with E-state index >= 15 is 0 Å². The Morgan fingerprint density at radius 2 is 1.50 bits per heavy atom. The zero-order valence-electron chi connectivity index (χ0n) is 7.25. The third-order valence-corrected chi connectivity index (χ3v) is 1.73. The van der Waals surface area contributed by atoms with E-state index in [0.717, 1.165) is 0 Å². The number of nitriles is 1. The summed E-state index contributed by atoms with van der Waals surface area (Å²) in [5.41, 5.74) is 0. The third-order valence-electron chi connectivity index (χ3n) is 1.73. The maximum absolute atomic E-state index is 9.38. The number of carboxylic acids is 1. The Hall–Kier alpha value is -1.04. The normalized spacial score (nSPS) is 15.2. The molecule has 1 rings (SSSR count). The topological polar surface area (TPSA) is 61.1 Å². The van der Waals surface area contributed by atoms with Gasteiger partial charge in [-0.05, 0) is 0 Å². The minimum absolute atomic E-state index is 0.403. The highest BCUT2D eigenvalue weighted by Crippen LogP contribution is 2.15. The van der Waals surface area contributed by atoms with Crippen molar-refractivity contribution >= 4 is 5.97 Å². The lowest BCUT2D eigenvalue weighted by Gasteiger charge is -2.05. The molecule has 68 valence electrons. The van der Waals surface area contributed by atoms with Gasteiger partial charge in [0.25, 0.3) is 0 Å². The fourth-order valence-corrected chi connectivity index (χ4v) is 1.13. The molecule has 0 spiro atoms. The molecule has 0 bridgehead atoms. The minimum Gasteiger partial charge on any atom is -0.480 e. The molecule has 12 heavy (non-hydrogen) atoms. The number of hydrogen-bond donors (Lipinski definition) is 1. The van der Waals surface area contributed by atoms with Crippen LogP contribution in [-0.2, 0) is 4.79 Å². The van der Waals surface area contributed by atoms with Gasteiger partial charge < -0.3 is 5.11 Å². The SMILES string of the molecule is C1CCCCC1.N#CCC(=O)O. The summed E-state index contributed by atoms with van der Waals surface area (Å²) >= 11 is 0. The summed E-state index contributed by atoms with van der Waals surface area (Å²) in [7, 11) is 0. The molecular formula is C9H15NO2. The van der Waals surface area contributed by atoms with E-state index in [9.17, 15) is 4.79 Å². The highest BCUT2D eigenvalue weighted by atomic mass is 16.4. The van der Waals surface area contributed by atoms with Crippen LogP contribution in [0.3, 0.4) is 0 Å². The number of carboxylic acid groups (broad SMARTS) is 1. The van der Waals surface area contributed by atoms with Crippen molar-refractivity contribution in [1.82, 2.24) is 0 Å². The quantitative estimate of drug-likeness (QED) is 0.655. The lowest BCUT2D eigenvalue weighted by molar-refractivity contribution is -0.135. The molecule has 3 heteroatoms. The fourth-order valence-electron chi connectivity index (χ4n) is 1.13. The van der Waals surface area contributed by atoms with Gasteiger partial charge >= 0.3 is 5.97 Å². The molecule has 1 fully saturated rings. The van der Waals surface area contributed by atoms with Crippen LogP contribution in [0.4, 0.5) is 0 Å². The van der Waals surface area contributed by atoms with Crippen LogP contribution in [0.1, 0.15) is 44.9 Å². The van der Waals surface area contributed by atoms with Crippen LogP contribution >= 0.6 is 0 Å². The maximum atomic E-state index is 9.38. The second-order valence-corrected chi connectivity index (χ2v) is 2.85. The van der Waals surface area contributed by atoms with Gasteiger partial charge in [-0.2, -0.15) is 5.26 Å². The largest absolute Gasteiger partial charge is 0.480 e. The number of aliphatic carboxylic acids is 1. The number of rotatable bonds is 1. The molecule has 0 aromatic rings. The van der Waals surface area contributed by atoms with Gasteiger partial charge in [0.2, 0.25) is 0 Å². The van der Waals surface area contributed by atoms with Gasteiger partial charge in [-0.25, -0.2) is 0 Å². The molecule has 0 unspecified atom stereocenters. The highest BCUT2D eigenvalue weighted by Gasteiger charge is 1.95. The first kappa shape index (κ1) is 11.0. The number of nitrogens with zero attached hydrogens (tertiary/aromatic N) is 1. The molecule has 0 saturated heterocycles. The molecule has 1 N–H and O–H groups in total. The fraction of sp³-hybridized carbons (Fsp3) is 0.778. The Kier molecular flexibility index (Phi) is 7.36. The second-order valence-electron chi connectivity index (χ2n) is 2.85. The van der Waals surface area contributed by atoms with E-state index < -0.39 is 12.4 Å². The van der Waals surface area contributed by atoms with E-state index in [-0.39, 0.29) is 0 Å². The summed E-state index contributed by atoms with van der Waals surface area (Å²) in [5, 5.41) is 15.3. The molecule has 0 heterocycles. The van der Waals surface area contributed by atoms with E-state index in [1.165, 1.54) is 44.6 Å². The van der Waals surface area contributed by atoms with Crippen LogP contribution in [0.25, 0.3) is 0 Å². The molecule has 1 saturated carbocycles. The van der Waals surface area contributed by atoms with Crippen LogP contribution in [0.15, 0.2) is 0 Å². The van der Waals surface area contributed by atoms with Gasteiger partial charge in [0.1, 0.15) is 6.42 Å². The van der Waals surface area contributed by atoms with Crippen LogP contribution < -0.4 is 0 Å². The molecule has 1 aliphatic rings. The van der Waals surface area contributed by atoms with Crippen molar-refractivity contribution in [3.63, 3.8) is 0 Å². The van der Waals surface area contributed by atoms with Gasteiger partial charge in [-0.15, -0.1) is 0 Å². The van der Waals surface area contributed by atoms with E-state index in [1.54, 1.807) is 0 Å². The van der Waals surface area contributed by atoms with Crippen LogP contribution in [0.5, 0.6) is 0 Å². The Morgan fingerprint density at radius 3 is 1.58 bits per heavy atom. The minimum atomic E-state index is -1.07. The third kappa shape index (κ3) is 8.96. The summed E-state index contributed by atoms with van der Waals surface area (Å²) in [5.74, 6) is -1.07. The Labute approximate surface area is 73.0 Å². The molecule has 0 aromatic heterocycles. The van der Waals surface area contributed by atoms with Crippen molar-refractivity contribution < 1.29 is 9.90 Å². The average Bonchev–Trinajstić information content (AvgIpc) is 2.08. The maximum Gasteiger partial charge on any atom is 0.317 e. The van der Waals surface area contributed by atoms with E-state index in [0.29, 0.717) is 0 Å². The van der Waals surface area contributed by atoms with Crippen molar-refractivity contribution in [3.8, 4) is 6.07 Å². The predicted molar refractivity (Wildman–Crippen MR) is 45.6 cm³/mol. The van der Waals surface area contributed by atoms with Crippen molar-refractivity contribution in [1.29, 1.82) is 5.26 Å². The van der Waals surface area contributed by atoms with Crippen molar-refractivity contribution in [2.75, 3.05) is 0 Å². The average molecular weight is 169 g/mol. The Bertz CT molecular complexity index is 145. The molecule has 0 radical (unpaired) electrons. The van der Waals surface area contributed by atoms with Gasteiger partial charge in [0.05, 0.1) is 6.07 Å². The number of hydrogen-bond acceptors (Lipinski definition) is 2. The molecule has 0 amide bonds. The standard InChI is InChI=1S/C6H12.C3H3NO2/c1-2-4-6-5-3-1;4-2-1-3(5)6/h1-6H2;1H2,(H,5,6). The van der Waals surface area contributed by atoms with Gasteiger partial charge in [0.15, 0.2) is 0 Å². The summed E-state index contributed by atoms with van der Waals surface area (Å²) in [6.45, 7) is 0. The Morgan fingerprint density at radius 1 is 1.17 bits per heavy atom. The molecule has 0 aromatic carbocycles. The van der Waals surface area contributed by atoms with Gasteiger partial charge in [0, 0.05) is 0 Å². The second kappa shape index (κ2) is 8.06. The highest BCUT2D eigenvalue weighted by molar-refractivity contribution is 5.69. The molecular weight excluding hydrogens is 154 g/mol. The zero-order valence-corrected chi connectivity index (χ0v) is 7.25. The first-order chi connectivity index (χ1) is 5.77. The molecule has 3 nitrogen and oxygen atoms in total. The van der Waals surface area contributed by atoms with Crippen molar-refractivity contribution in [2.45, 2.75) is 44.9 Å². The summed E-state index contributed by atoms with van der Waals surface area (Å²) in [4.78, 5) is 9.38. The summed E-state index contributed by atoms with van der Waals surface area (Å²) in [6.07, 6.45) is 8.60. The first-order valence-electron chi connectivity index (χ1n) is 4.36. The molecule has 1 aliphatic carbocycles. The molecule has 0 aliphatic heterocycles. The van der Waals surface area contributed by atoms with E-state index in [1.807, 2.05) is 0 Å². The Balaban J connectivity index is 0.000000202. The zero-order chi connectivity index (χ0) is 9.23. The monoisotopic (exact) mass is 169 g/mol. The van der Waals surface area contributed by atoms with Crippen LogP contribution in [0, 0.1) is 11.3 Å². The van der Waals surface area contributed by atoms with Gasteiger partial charge in [-0.1, -0.05) is 38.5 Å². The van der Waals surface area contributed by atoms with Crippen molar-refractivity contribution in [3.05, 3.63) is 0 Å². The van der Waals surface area contributed by atoms with Crippen molar-refractivity contribution in [2.24, 2.45) is 0 Å².